The van der Waals surface area contributed by atoms with E-state index in [0.717, 1.165) is 47.8 Å². The molecule has 1 saturated heterocycles. The van der Waals surface area contributed by atoms with Crippen LogP contribution in [-0.4, -0.2) is 61.4 Å². The molecule has 0 bridgehead atoms. The number of aromatic amines is 1. The van der Waals surface area contributed by atoms with Gasteiger partial charge in [0.25, 0.3) is 5.56 Å². The smallest absolute Gasteiger partial charge is 0.330 e. The minimum Gasteiger partial charge on any atom is -0.387 e. The maximum absolute atomic E-state index is 11.8. The molecule has 1 aliphatic rings. The summed E-state index contributed by atoms with van der Waals surface area (Å²) in [6.45, 7) is 2.59. The monoisotopic (exact) mass is 357 g/mol. The van der Waals surface area contributed by atoms with Crippen LogP contribution in [0.5, 0.6) is 0 Å². The fraction of sp³-hybridized carbons (Fsp3) is 0.750. The van der Waals surface area contributed by atoms with E-state index in [1.54, 1.807) is 0 Å². The number of nitrogens with zero attached hydrogens (tertiary/aromatic N) is 2. The van der Waals surface area contributed by atoms with Gasteiger partial charge >= 0.3 is 5.69 Å². The quantitative estimate of drug-likeness (QED) is 0.356. The number of aliphatic hydroxyl groups is 2. The lowest BCUT2D eigenvalue weighted by Gasteiger charge is -2.21. The van der Waals surface area contributed by atoms with Crippen molar-refractivity contribution < 1.29 is 20.2 Å². The molecule has 2 heterocycles. The number of H-pyrrole nitrogens is 1. The van der Waals surface area contributed by atoms with E-state index in [2.05, 4.69) is 11.9 Å². The Morgan fingerprint density at radius 3 is 2.60 bits per heavy atom. The summed E-state index contributed by atoms with van der Waals surface area (Å²) in [6.07, 6.45) is 1.90. The van der Waals surface area contributed by atoms with Crippen LogP contribution in [-0.2, 0) is 4.74 Å². The Bertz CT molecular complexity index is 645. The Balaban J connectivity index is 1.90. The SMILES string of the molecule is CCCCCCCN(O)CC1OC(n2ccc(=O)[nH]c2=O)C(O)C1O. The molecule has 1 aromatic heterocycles. The lowest BCUT2D eigenvalue weighted by molar-refractivity contribution is -0.137. The molecule has 9 nitrogen and oxygen atoms in total. The number of aliphatic hydroxyl groups excluding tert-OH is 2. The summed E-state index contributed by atoms with van der Waals surface area (Å²) >= 11 is 0. The molecule has 1 fully saturated rings. The second-order valence-corrected chi connectivity index (χ2v) is 6.39. The molecule has 25 heavy (non-hydrogen) atoms. The van der Waals surface area contributed by atoms with Gasteiger partial charge < -0.3 is 20.2 Å². The van der Waals surface area contributed by atoms with Crippen molar-refractivity contribution in [2.24, 2.45) is 0 Å². The van der Waals surface area contributed by atoms with Gasteiger partial charge in [0.15, 0.2) is 6.23 Å². The number of nitrogens with one attached hydrogen (secondary N) is 1. The van der Waals surface area contributed by atoms with Crippen LogP contribution in [0.2, 0.25) is 0 Å². The van der Waals surface area contributed by atoms with E-state index in [-0.39, 0.29) is 6.54 Å². The Hall–Kier alpha value is -1.52. The number of unbranched alkanes of at least 4 members (excludes halogenated alkanes) is 4. The molecule has 9 heteroatoms. The Morgan fingerprint density at radius 2 is 1.92 bits per heavy atom. The standard InChI is InChI=1S/C16H27N3O6/c1-2-3-4-5-6-8-18(24)10-11-13(21)14(22)15(25-11)19-9-7-12(20)17-16(19)23/h7,9,11,13-15,21-22,24H,2-6,8,10H2,1H3,(H,17,20,23). The van der Waals surface area contributed by atoms with E-state index >= 15 is 0 Å². The van der Waals surface area contributed by atoms with Crippen molar-refractivity contribution >= 4 is 0 Å². The van der Waals surface area contributed by atoms with Crippen LogP contribution >= 0.6 is 0 Å². The minimum atomic E-state index is -1.34. The molecule has 0 spiro atoms. The first-order chi connectivity index (χ1) is 11.9. The van der Waals surface area contributed by atoms with Crippen LogP contribution in [0.25, 0.3) is 0 Å². The Labute approximate surface area is 145 Å². The summed E-state index contributed by atoms with van der Waals surface area (Å²) in [5.41, 5.74) is -1.29. The van der Waals surface area contributed by atoms with Crippen molar-refractivity contribution in [2.75, 3.05) is 13.1 Å². The minimum absolute atomic E-state index is 0.0145. The number of ether oxygens (including phenoxy) is 1. The van der Waals surface area contributed by atoms with Gasteiger partial charge in [-0.1, -0.05) is 32.6 Å². The van der Waals surface area contributed by atoms with E-state index in [0.29, 0.717) is 6.54 Å². The van der Waals surface area contributed by atoms with Gasteiger partial charge in [-0.2, -0.15) is 5.06 Å². The number of hydroxylamine groups is 2. The van der Waals surface area contributed by atoms with Gasteiger partial charge in [-0.25, -0.2) is 4.79 Å². The molecule has 0 aromatic carbocycles. The third-order valence-electron chi connectivity index (χ3n) is 4.37. The van der Waals surface area contributed by atoms with Crippen molar-refractivity contribution in [1.82, 2.24) is 14.6 Å². The van der Waals surface area contributed by atoms with Crippen LogP contribution in [0.1, 0.15) is 45.3 Å². The number of aromatic nitrogens is 2. The zero-order valence-corrected chi connectivity index (χ0v) is 14.4. The normalized spacial score (nSPS) is 26.4. The maximum atomic E-state index is 11.8. The predicted molar refractivity (Wildman–Crippen MR) is 89.4 cm³/mol. The first kappa shape index (κ1) is 19.8. The lowest BCUT2D eigenvalue weighted by Crippen LogP contribution is -2.39. The summed E-state index contributed by atoms with van der Waals surface area (Å²) in [6, 6.07) is 1.13. The molecule has 4 N–H and O–H groups in total. The fourth-order valence-corrected chi connectivity index (χ4v) is 2.93. The van der Waals surface area contributed by atoms with E-state index in [1.165, 1.54) is 6.20 Å². The van der Waals surface area contributed by atoms with Crippen molar-refractivity contribution in [3.63, 3.8) is 0 Å². The second kappa shape index (κ2) is 9.25. The second-order valence-electron chi connectivity index (χ2n) is 6.39. The summed E-state index contributed by atoms with van der Waals surface area (Å²) < 4.78 is 6.56. The highest BCUT2D eigenvalue weighted by atomic mass is 16.6. The van der Waals surface area contributed by atoms with E-state index in [9.17, 15) is 25.0 Å². The lowest BCUT2D eigenvalue weighted by atomic mass is 10.1. The highest BCUT2D eigenvalue weighted by molar-refractivity contribution is 4.93. The van der Waals surface area contributed by atoms with E-state index in [1.807, 2.05) is 0 Å². The summed E-state index contributed by atoms with van der Waals surface area (Å²) in [5.74, 6) is 0. The van der Waals surface area contributed by atoms with Gasteiger partial charge in [-0.15, -0.1) is 0 Å². The van der Waals surface area contributed by atoms with E-state index in [4.69, 9.17) is 4.74 Å². The van der Waals surface area contributed by atoms with Gasteiger partial charge in [0.05, 0.1) is 6.54 Å². The maximum Gasteiger partial charge on any atom is 0.330 e. The van der Waals surface area contributed by atoms with Gasteiger partial charge in [0.2, 0.25) is 0 Å². The van der Waals surface area contributed by atoms with Crippen molar-refractivity contribution in [1.29, 1.82) is 0 Å². The molecule has 4 atom stereocenters. The van der Waals surface area contributed by atoms with Crippen molar-refractivity contribution in [3.05, 3.63) is 33.1 Å². The van der Waals surface area contributed by atoms with Crippen molar-refractivity contribution in [3.8, 4) is 0 Å². The molecular formula is C16H27N3O6. The number of hydrogen-bond acceptors (Lipinski definition) is 7. The average Bonchev–Trinajstić information content (AvgIpc) is 2.83. The predicted octanol–water partition coefficient (Wildman–Crippen LogP) is -0.183. The largest absolute Gasteiger partial charge is 0.387 e. The summed E-state index contributed by atoms with van der Waals surface area (Å²) in [5, 5.41) is 31.3. The third kappa shape index (κ3) is 5.23. The highest BCUT2D eigenvalue weighted by Gasteiger charge is 2.44. The van der Waals surface area contributed by atoms with Crippen LogP contribution in [0.15, 0.2) is 21.9 Å². The first-order valence-corrected chi connectivity index (χ1v) is 8.71. The van der Waals surface area contributed by atoms with Crippen LogP contribution in [0, 0.1) is 0 Å². The van der Waals surface area contributed by atoms with Gasteiger partial charge in [-0.3, -0.25) is 14.3 Å². The molecule has 1 aliphatic heterocycles. The highest BCUT2D eigenvalue weighted by Crippen LogP contribution is 2.28. The molecule has 1 aromatic rings. The van der Waals surface area contributed by atoms with Gasteiger partial charge in [-0.05, 0) is 6.42 Å². The first-order valence-electron chi connectivity index (χ1n) is 8.71. The molecule has 2 rings (SSSR count). The molecule has 0 aliphatic carbocycles. The Morgan fingerprint density at radius 1 is 1.20 bits per heavy atom. The zero-order valence-electron chi connectivity index (χ0n) is 14.4. The molecule has 4 unspecified atom stereocenters. The molecular weight excluding hydrogens is 330 g/mol. The average molecular weight is 357 g/mol. The molecule has 0 saturated carbocycles. The van der Waals surface area contributed by atoms with Crippen LogP contribution in [0.4, 0.5) is 0 Å². The molecule has 0 radical (unpaired) electrons. The fourth-order valence-electron chi connectivity index (χ4n) is 2.93. The van der Waals surface area contributed by atoms with Gasteiger partial charge in [0, 0.05) is 18.8 Å². The molecule has 142 valence electrons. The van der Waals surface area contributed by atoms with Crippen LogP contribution < -0.4 is 11.2 Å². The number of hydrogen-bond donors (Lipinski definition) is 4. The zero-order chi connectivity index (χ0) is 18.4. The third-order valence-corrected chi connectivity index (χ3v) is 4.37. The summed E-state index contributed by atoms with van der Waals surface area (Å²) in [4.78, 5) is 25.0. The molecule has 0 amide bonds. The van der Waals surface area contributed by atoms with Gasteiger partial charge in [0.1, 0.15) is 18.3 Å². The van der Waals surface area contributed by atoms with E-state index < -0.39 is 35.8 Å². The van der Waals surface area contributed by atoms with Crippen molar-refractivity contribution in [2.45, 2.75) is 63.6 Å². The number of rotatable bonds is 9. The Kier molecular flexibility index (Phi) is 7.33. The topological polar surface area (TPSA) is 128 Å². The summed E-state index contributed by atoms with van der Waals surface area (Å²) in [7, 11) is 0. The van der Waals surface area contributed by atoms with Crippen LogP contribution in [0.3, 0.4) is 0 Å².